The van der Waals surface area contributed by atoms with E-state index in [0.29, 0.717) is 12.1 Å². The molecule has 1 heterocycles. The van der Waals surface area contributed by atoms with E-state index in [0.717, 1.165) is 25.3 Å². The van der Waals surface area contributed by atoms with Crippen LogP contribution in [0.4, 0.5) is 5.69 Å². The second-order valence-corrected chi connectivity index (χ2v) is 5.85. The van der Waals surface area contributed by atoms with Gasteiger partial charge in [-0.25, -0.2) is 0 Å². The lowest BCUT2D eigenvalue weighted by molar-refractivity contribution is 0.217. The number of hydrogen-bond acceptors (Lipinski definition) is 3. The van der Waals surface area contributed by atoms with Gasteiger partial charge in [0.05, 0.1) is 6.10 Å². The molecular formula is C17H28N2O. The second kappa shape index (κ2) is 6.98. The van der Waals surface area contributed by atoms with Crippen molar-refractivity contribution >= 4 is 5.69 Å². The number of hydrogen-bond donors (Lipinski definition) is 1. The van der Waals surface area contributed by atoms with Crippen LogP contribution in [0.5, 0.6) is 5.75 Å². The van der Waals surface area contributed by atoms with Crippen molar-refractivity contribution in [2.45, 2.75) is 58.7 Å². The van der Waals surface area contributed by atoms with Gasteiger partial charge in [0.15, 0.2) is 0 Å². The first kappa shape index (κ1) is 15.2. The fraction of sp³-hybridized carbons (Fsp3) is 0.647. The van der Waals surface area contributed by atoms with Gasteiger partial charge >= 0.3 is 0 Å². The zero-order chi connectivity index (χ0) is 14.5. The highest BCUT2D eigenvalue weighted by Crippen LogP contribution is 2.25. The van der Waals surface area contributed by atoms with Crippen LogP contribution in [0, 0.1) is 0 Å². The predicted molar refractivity (Wildman–Crippen MR) is 85.7 cm³/mol. The minimum absolute atomic E-state index is 0.272. The summed E-state index contributed by atoms with van der Waals surface area (Å²) in [5, 5.41) is 3.60. The van der Waals surface area contributed by atoms with Gasteiger partial charge in [-0.1, -0.05) is 19.9 Å². The summed E-state index contributed by atoms with van der Waals surface area (Å²) in [4.78, 5) is 2.49. The summed E-state index contributed by atoms with van der Waals surface area (Å²) < 4.78 is 5.94. The van der Waals surface area contributed by atoms with E-state index in [1.54, 1.807) is 0 Å². The van der Waals surface area contributed by atoms with Crippen LogP contribution in [0.25, 0.3) is 0 Å². The molecule has 0 aromatic heterocycles. The highest BCUT2D eigenvalue weighted by atomic mass is 16.5. The molecule has 3 heteroatoms. The Labute approximate surface area is 123 Å². The molecule has 1 aliphatic heterocycles. The third kappa shape index (κ3) is 3.66. The maximum absolute atomic E-state index is 5.94. The average Bonchev–Trinajstić information content (AvgIpc) is 2.48. The van der Waals surface area contributed by atoms with E-state index < -0.39 is 0 Å². The topological polar surface area (TPSA) is 24.5 Å². The van der Waals surface area contributed by atoms with Gasteiger partial charge in [0, 0.05) is 36.9 Å². The summed E-state index contributed by atoms with van der Waals surface area (Å²) >= 11 is 0. The molecule has 1 aromatic carbocycles. The zero-order valence-electron chi connectivity index (χ0n) is 13.2. The number of benzene rings is 1. The summed E-state index contributed by atoms with van der Waals surface area (Å²) in [6.07, 6.45) is 2.48. The second-order valence-electron chi connectivity index (χ2n) is 5.85. The lowest BCUT2D eigenvalue weighted by atomic mass is 10.1. The molecule has 0 spiro atoms. The maximum atomic E-state index is 5.94. The molecule has 3 unspecified atom stereocenters. The van der Waals surface area contributed by atoms with E-state index in [9.17, 15) is 0 Å². The molecular weight excluding hydrogens is 248 g/mol. The molecule has 0 radical (unpaired) electrons. The molecule has 0 aliphatic carbocycles. The Kier molecular flexibility index (Phi) is 5.30. The van der Waals surface area contributed by atoms with E-state index in [-0.39, 0.29) is 6.10 Å². The van der Waals surface area contributed by atoms with Gasteiger partial charge in [0.25, 0.3) is 0 Å². The lowest BCUT2D eigenvalue weighted by Gasteiger charge is -2.40. The molecule has 0 amide bonds. The average molecular weight is 276 g/mol. The van der Waals surface area contributed by atoms with Crippen molar-refractivity contribution in [1.29, 1.82) is 0 Å². The van der Waals surface area contributed by atoms with Crippen molar-refractivity contribution < 1.29 is 4.74 Å². The fourth-order valence-corrected chi connectivity index (χ4v) is 2.61. The number of anilines is 1. The van der Waals surface area contributed by atoms with Crippen LogP contribution in [-0.2, 0) is 0 Å². The Bertz CT molecular complexity index is 421. The Morgan fingerprint density at radius 1 is 1.40 bits per heavy atom. The van der Waals surface area contributed by atoms with Gasteiger partial charge in [0.1, 0.15) is 5.75 Å². The van der Waals surface area contributed by atoms with Crippen molar-refractivity contribution in [2.75, 3.05) is 18.0 Å². The monoisotopic (exact) mass is 276 g/mol. The molecule has 0 saturated carbocycles. The molecule has 1 aliphatic rings. The van der Waals surface area contributed by atoms with Crippen molar-refractivity contribution in [3.63, 3.8) is 0 Å². The third-order valence-corrected chi connectivity index (χ3v) is 4.21. The van der Waals surface area contributed by atoms with Crippen LogP contribution in [0.15, 0.2) is 24.3 Å². The fourth-order valence-electron chi connectivity index (χ4n) is 2.61. The standard InChI is InChI=1S/C17H28N2O/c1-5-14(4)20-17-9-7-8-16(10-17)19-12-15(6-2)18-11-13(19)3/h7-10,13-15,18H,5-6,11-12H2,1-4H3. The minimum Gasteiger partial charge on any atom is -0.491 e. The van der Waals surface area contributed by atoms with E-state index in [1.807, 2.05) is 0 Å². The van der Waals surface area contributed by atoms with Crippen LogP contribution in [0.3, 0.4) is 0 Å². The van der Waals surface area contributed by atoms with Gasteiger partial charge in [-0.2, -0.15) is 0 Å². The van der Waals surface area contributed by atoms with Crippen LogP contribution >= 0.6 is 0 Å². The molecule has 0 bridgehead atoms. The third-order valence-electron chi connectivity index (χ3n) is 4.21. The molecule has 3 atom stereocenters. The smallest absolute Gasteiger partial charge is 0.121 e. The Balaban J connectivity index is 2.12. The summed E-state index contributed by atoms with van der Waals surface area (Å²) in [5.74, 6) is 0.982. The molecule has 1 N–H and O–H groups in total. The summed E-state index contributed by atoms with van der Waals surface area (Å²) in [6, 6.07) is 9.64. The number of piperazine rings is 1. The van der Waals surface area contributed by atoms with Crippen LogP contribution in [-0.4, -0.2) is 31.3 Å². The van der Waals surface area contributed by atoms with Gasteiger partial charge in [-0.05, 0) is 38.8 Å². The van der Waals surface area contributed by atoms with Crippen molar-refractivity contribution in [3.8, 4) is 5.75 Å². The zero-order valence-corrected chi connectivity index (χ0v) is 13.2. The molecule has 20 heavy (non-hydrogen) atoms. The number of nitrogens with one attached hydrogen (secondary N) is 1. The first-order valence-corrected chi connectivity index (χ1v) is 7.90. The first-order valence-electron chi connectivity index (χ1n) is 7.90. The largest absolute Gasteiger partial charge is 0.491 e. The predicted octanol–water partition coefficient (Wildman–Crippen LogP) is 3.44. The lowest BCUT2D eigenvalue weighted by Crippen LogP contribution is -2.55. The normalized spacial score (nSPS) is 24.5. The molecule has 1 aromatic rings. The number of nitrogens with zero attached hydrogens (tertiary/aromatic N) is 1. The van der Waals surface area contributed by atoms with E-state index in [4.69, 9.17) is 4.74 Å². The van der Waals surface area contributed by atoms with Crippen molar-refractivity contribution in [3.05, 3.63) is 24.3 Å². The van der Waals surface area contributed by atoms with E-state index in [1.165, 1.54) is 12.1 Å². The number of rotatable bonds is 5. The Morgan fingerprint density at radius 2 is 2.20 bits per heavy atom. The maximum Gasteiger partial charge on any atom is 0.121 e. The van der Waals surface area contributed by atoms with E-state index >= 15 is 0 Å². The molecule has 2 rings (SSSR count). The molecule has 3 nitrogen and oxygen atoms in total. The molecule has 1 fully saturated rings. The molecule has 112 valence electrons. The molecule has 1 saturated heterocycles. The van der Waals surface area contributed by atoms with Gasteiger partial charge in [-0.15, -0.1) is 0 Å². The van der Waals surface area contributed by atoms with Gasteiger partial charge in [0.2, 0.25) is 0 Å². The number of ether oxygens (including phenoxy) is 1. The SMILES string of the molecule is CCC1CN(c2cccc(OC(C)CC)c2)C(C)CN1. The van der Waals surface area contributed by atoms with Crippen LogP contribution < -0.4 is 15.0 Å². The summed E-state index contributed by atoms with van der Waals surface area (Å²) in [5.41, 5.74) is 1.28. The van der Waals surface area contributed by atoms with Crippen LogP contribution in [0.2, 0.25) is 0 Å². The Morgan fingerprint density at radius 3 is 2.90 bits per heavy atom. The van der Waals surface area contributed by atoms with Gasteiger partial charge in [-0.3, -0.25) is 0 Å². The highest BCUT2D eigenvalue weighted by molar-refractivity contribution is 5.52. The summed E-state index contributed by atoms with van der Waals surface area (Å²) in [7, 11) is 0. The van der Waals surface area contributed by atoms with Crippen molar-refractivity contribution in [1.82, 2.24) is 5.32 Å². The Hall–Kier alpha value is -1.22. The van der Waals surface area contributed by atoms with Crippen LogP contribution in [0.1, 0.15) is 40.5 Å². The van der Waals surface area contributed by atoms with E-state index in [2.05, 4.69) is 62.2 Å². The van der Waals surface area contributed by atoms with Crippen molar-refractivity contribution in [2.24, 2.45) is 0 Å². The first-order chi connectivity index (χ1) is 9.63. The highest BCUT2D eigenvalue weighted by Gasteiger charge is 2.24. The summed E-state index contributed by atoms with van der Waals surface area (Å²) in [6.45, 7) is 10.9. The van der Waals surface area contributed by atoms with Gasteiger partial charge < -0.3 is 15.0 Å². The minimum atomic E-state index is 0.272. The quantitative estimate of drug-likeness (QED) is 0.891.